The Balaban J connectivity index is 1.88. The molecule has 0 spiro atoms. The zero-order chi connectivity index (χ0) is 12.3. The second kappa shape index (κ2) is 5.22. The minimum absolute atomic E-state index is 0.192. The summed E-state index contributed by atoms with van der Waals surface area (Å²) in [5, 5.41) is 3.47. The highest BCUT2D eigenvalue weighted by Gasteiger charge is 2.26. The van der Waals surface area contributed by atoms with E-state index in [1.807, 2.05) is 0 Å². The Hall–Kier alpha value is -1.50. The molecule has 0 aromatic heterocycles. The Morgan fingerprint density at radius 1 is 1.35 bits per heavy atom. The number of amides is 1. The SMILES string of the molecule is NC1CC(NC(=O)C#Cc2ccc(Cl)cc2)C1. The highest BCUT2D eigenvalue weighted by molar-refractivity contribution is 6.30. The maximum absolute atomic E-state index is 11.4. The van der Waals surface area contributed by atoms with Crippen molar-refractivity contribution in [1.29, 1.82) is 0 Å². The molecule has 0 saturated heterocycles. The zero-order valence-electron chi connectivity index (χ0n) is 9.24. The van der Waals surface area contributed by atoms with Crippen LogP contribution in [-0.4, -0.2) is 18.0 Å². The number of benzene rings is 1. The van der Waals surface area contributed by atoms with Gasteiger partial charge >= 0.3 is 0 Å². The van der Waals surface area contributed by atoms with Crippen LogP contribution in [0.25, 0.3) is 0 Å². The number of carbonyl (C=O) groups excluding carboxylic acids is 1. The molecule has 0 atom stereocenters. The van der Waals surface area contributed by atoms with E-state index in [0.717, 1.165) is 18.4 Å². The average molecular weight is 249 g/mol. The van der Waals surface area contributed by atoms with Gasteiger partial charge in [-0.3, -0.25) is 4.79 Å². The molecule has 1 aromatic rings. The smallest absolute Gasteiger partial charge is 0.296 e. The van der Waals surface area contributed by atoms with E-state index < -0.39 is 0 Å². The molecular weight excluding hydrogens is 236 g/mol. The molecule has 1 amide bonds. The summed E-state index contributed by atoms with van der Waals surface area (Å²) in [6, 6.07) is 7.47. The second-order valence-electron chi connectivity index (χ2n) is 4.16. The molecule has 3 nitrogen and oxygen atoms in total. The maximum atomic E-state index is 11.4. The van der Waals surface area contributed by atoms with Crippen molar-refractivity contribution in [3.63, 3.8) is 0 Å². The van der Waals surface area contributed by atoms with Crippen LogP contribution in [0.1, 0.15) is 18.4 Å². The molecule has 88 valence electrons. The Labute approximate surface area is 105 Å². The lowest BCUT2D eigenvalue weighted by Gasteiger charge is -2.32. The van der Waals surface area contributed by atoms with Crippen molar-refractivity contribution in [3.8, 4) is 11.8 Å². The van der Waals surface area contributed by atoms with E-state index in [4.69, 9.17) is 17.3 Å². The van der Waals surface area contributed by atoms with Crippen molar-refractivity contribution in [3.05, 3.63) is 34.9 Å². The third kappa shape index (κ3) is 3.48. The Bertz CT molecular complexity index is 466. The molecule has 4 heteroatoms. The molecule has 17 heavy (non-hydrogen) atoms. The number of rotatable bonds is 1. The fourth-order valence-electron chi connectivity index (χ4n) is 1.66. The van der Waals surface area contributed by atoms with E-state index in [-0.39, 0.29) is 18.0 Å². The molecule has 0 aliphatic heterocycles. The van der Waals surface area contributed by atoms with E-state index in [1.165, 1.54) is 0 Å². The van der Waals surface area contributed by atoms with Crippen LogP contribution < -0.4 is 11.1 Å². The molecule has 0 bridgehead atoms. The summed E-state index contributed by atoms with van der Waals surface area (Å²) in [6.45, 7) is 0. The van der Waals surface area contributed by atoms with Crippen molar-refractivity contribution >= 4 is 17.5 Å². The number of halogens is 1. The van der Waals surface area contributed by atoms with Gasteiger partial charge in [0.15, 0.2) is 0 Å². The average Bonchev–Trinajstić information content (AvgIpc) is 2.26. The van der Waals surface area contributed by atoms with Crippen LogP contribution in [-0.2, 0) is 4.79 Å². The minimum atomic E-state index is -0.253. The topological polar surface area (TPSA) is 55.1 Å². The van der Waals surface area contributed by atoms with Crippen molar-refractivity contribution < 1.29 is 4.79 Å². The summed E-state index contributed by atoms with van der Waals surface area (Å²) in [5.74, 6) is 5.08. The Morgan fingerprint density at radius 2 is 2.00 bits per heavy atom. The number of hydrogen-bond acceptors (Lipinski definition) is 2. The molecule has 1 aromatic carbocycles. The summed E-state index contributed by atoms with van der Waals surface area (Å²) in [7, 11) is 0. The van der Waals surface area contributed by atoms with Crippen LogP contribution in [0.2, 0.25) is 5.02 Å². The molecule has 1 fully saturated rings. The van der Waals surface area contributed by atoms with Crippen molar-refractivity contribution in [1.82, 2.24) is 5.32 Å². The first-order valence-electron chi connectivity index (χ1n) is 5.47. The predicted molar refractivity (Wildman–Crippen MR) is 67.5 cm³/mol. The molecule has 2 rings (SSSR count). The monoisotopic (exact) mass is 248 g/mol. The van der Waals surface area contributed by atoms with Crippen molar-refractivity contribution in [2.75, 3.05) is 0 Å². The van der Waals surface area contributed by atoms with Gasteiger partial charge in [0.1, 0.15) is 0 Å². The van der Waals surface area contributed by atoms with E-state index in [0.29, 0.717) is 5.02 Å². The number of nitrogens with one attached hydrogen (secondary N) is 1. The molecular formula is C13H13ClN2O. The van der Waals surface area contributed by atoms with Gasteiger partial charge in [0.2, 0.25) is 0 Å². The van der Waals surface area contributed by atoms with Gasteiger partial charge in [0.05, 0.1) is 0 Å². The van der Waals surface area contributed by atoms with Crippen LogP contribution in [0.3, 0.4) is 0 Å². The van der Waals surface area contributed by atoms with E-state index >= 15 is 0 Å². The predicted octanol–water partition coefficient (Wildman–Crippen LogP) is 1.30. The summed E-state index contributed by atoms with van der Waals surface area (Å²) < 4.78 is 0. The van der Waals surface area contributed by atoms with Crippen LogP contribution in [0.15, 0.2) is 24.3 Å². The van der Waals surface area contributed by atoms with Crippen molar-refractivity contribution in [2.45, 2.75) is 24.9 Å². The molecule has 1 aliphatic carbocycles. The van der Waals surface area contributed by atoms with E-state index in [9.17, 15) is 4.79 Å². The highest BCUT2D eigenvalue weighted by atomic mass is 35.5. The number of carbonyl (C=O) groups is 1. The molecule has 3 N–H and O–H groups in total. The third-order valence-corrected chi connectivity index (χ3v) is 2.93. The molecule has 0 radical (unpaired) electrons. The molecule has 1 saturated carbocycles. The van der Waals surface area contributed by atoms with Crippen LogP contribution in [0.4, 0.5) is 0 Å². The summed E-state index contributed by atoms with van der Waals surface area (Å²) in [5.41, 5.74) is 6.40. The fraction of sp³-hybridized carbons (Fsp3) is 0.308. The lowest BCUT2D eigenvalue weighted by molar-refractivity contribution is -0.116. The van der Waals surface area contributed by atoms with Crippen LogP contribution >= 0.6 is 11.6 Å². The van der Waals surface area contributed by atoms with Crippen LogP contribution in [0.5, 0.6) is 0 Å². The van der Waals surface area contributed by atoms with E-state index in [2.05, 4.69) is 17.2 Å². The third-order valence-electron chi connectivity index (χ3n) is 2.67. The normalized spacial score (nSPS) is 22.0. The Kier molecular flexibility index (Phi) is 3.68. The van der Waals surface area contributed by atoms with Gasteiger partial charge < -0.3 is 11.1 Å². The second-order valence-corrected chi connectivity index (χ2v) is 4.60. The molecule has 0 heterocycles. The van der Waals surface area contributed by atoms with Gasteiger partial charge in [-0.1, -0.05) is 17.5 Å². The molecule has 0 unspecified atom stereocenters. The maximum Gasteiger partial charge on any atom is 0.296 e. The Morgan fingerprint density at radius 3 is 2.59 bits per heavy atom. The van der Waals surface area contributed by atoms with Gasteiger partial charge in [0, 0.05) is 28.6 Å². The summed E-state index contributed by atoms with van der Waals surface area (Å²) in [6.07, 6.45) is 1.68. The van der Waals surface area contributed by atoms with Crippen LogP contribution in [0, 0.1) is 11.8 Å². The lowest BCUT2D eigenvalue weighted by atomic mass is 9.88. The fourth-order valence-corrected chi connectivity index (χ4v) is 1.79. The first kappa shape index (κ1) is 12.0. The van der Waals surface area contributed by atoms with Gasteiger partial charge in [-0.05, 0) is 37.1 Å². The minimum Gasteiger partial charge on any atom is -0.342 e. The summed E-state index contributed by atoms with van der Waals surface area (Å²) in [4.78, 5) is 11.4. The molecule has 1 aliphatic rings. The highest BCUT2D eigenvalue weighted by Crippen LogP contribution is 2.16. The number of nitrogens with two attached hydrogens (primary N) is 1. The standard InChI is InChI=1S/C13H13ClN2O/c14-10-4-1-9(2-5-10)3-6-13(17)16-12-7-11(15)8-12/h1-2,4-5,11-12H,7-8,15H2,(H,16,17). The quantitative estimate of drug-likeness (QED) is 0.736. The zero-order valence-corrected chi connectivity index (χ0v) is 10.00. The first-order valence-corrected chi connectivity index (χ1v) is 5.85. The van der Waals surface area contributed by atoms with Gasteiger partial charge in [0.25, 0.3) is 5.91 Å². The summed E-state index contributed by atoms with van der Waals surface area (Å²) >= 11 is 5.74. The van der Waals surface area contributed by atoms with Gasteiger partial charge in [-0.2, -0.15) is 0 Å². The van der Waals surface area contributed by atoms with E-state index in [1.54, 1.807) is 24.3 Å². The van der Waals surface area contributed by atoms with Gasteiger partial charge in [-0.25, -0.2) is 0 Å². The number of hydrogen-bond donors (Lipinski definition) is 2. The lowest BCUT2D eigenvalue weighted by Crippen LogP contribution is -2.50. The first-order chi connectivity index (χ1) is 8.13. The van der Waals surface area contributed by atoms with Crippen molar-refractivity contribution in [2.24, 2.45) is 5.73 Å². The van der Waals surface area contributed by atoms with Gasteiger partial charge in [-0.15, -0.1) is 0 Å². The largest absolute Gasteiger partial charge is 0.342 e.